The van der Waals surface area contributed by atoms with Crippen molar-refractivity contribution in [2.24, 2.45) is 50.2 Å². The van der Waals surface area contributed by atoms with Crippen LogP contribution in [0.15, 0.2) is 59.7 Å². The molecule has 4 heteroatoms. The second-order valence-electron chi connectivity index (χ2n) is 17.7. The van der Waals surface area contributed by atoms with Gasteiger partial charge in [0.15, 0.2) is 5.78 Å². The quantitative estimate of drug-likeness (QED) is 0.356. The minimum atomic E-state index is -0.751. The molecule has 5 aliphatic rings. The SMILES string of the molecule is CC1(C)[C@@H](O)/C(=C/c2cccc3ccccc23)C[C@]2(C)[C@H]3C(=O)C=C4[C@@H]5C[C@@](C)(C(=O)O)CC[C@]5(C)CC[C@@]4(C)[C@]3(C)CC[C@@H]12. The Kier molecular flexibility index (Phi) is 6.63. The molecular formula is C41H52O4. The van der Waals surface area contributed by atoms with Gasteiger partial charge in [0.05, 0.1) is 11.5 Å². The van der Waals surface area contributed by atoms with Crippen LogP contribution >= 0.6 is 0 Å². The number of aliphatic carboxylic acids is 1. The summed E-state index contributed by atoms with van der Waals surface area (Å²) >= 11 is 0. The van der Waals surface area contributed by atoms with Crippen LogP contribution in [0, 0.1) is 50.2 Å². The van der Waals surface area contributed by atoms with Gasteiger partial charge in [-0.05, 0) is 125 Å². The zero-order valence-electron chi connectivity index (χ0n) is 28.4. The molecule has 0 bridgehead atoms. The van der Waals surface area contributed by atoms with Gasteiger partial charge in [0, 0.05) is 5.92 Å². The Morgan fingerprint density at radius 2 is 1.58 bits per heavy atom. The third kappa shape index (κ3) is 4.06. The first kappa shape index (κ1) is 30.9. The molecule has 0 amide bonds. The summed E-state index contributed by atoms with van der Waals surface area (Å²) in [6, 6.07) is 14.8. The molecule has 7 rings (SSSR count). The summed E-state index contributed by atoms with van der Waals surface area (Å²) in [6.45, 7) is 15.9. The fourth-order valence-electron chi connectivity index (χ4n) is 12.1. The molecule has 5 aliphatic carbocycles. The first-order chi connectivity index (χ1) is 21.0. The van der Waals surface area contributed by atoms with E-state index in [1.165, 1.54) is 16.3 Å². The van der Waals surface area contributed by atoms with Crippen molar-refractivity contribution in [2.45, 2.75) is 106 Å². The van der Waals surface area contributed by atoms with Crippen molar-refractivity contribution >= 4 is 28.6 Å². The molecule has 4 saturated carbocycles. The number of aliphatic hydroxyl groups excluding tert-OH is 1. The molecule has 4 fully saturated rings. The number of carboxylic acids is 1. The summed E-state index contributed by atoms with van der Waals surface area (Å²) < 4.78 is 0. The van der Waals surface area contributed by atoms with E-state index in [-0.39, 0.29) is 50.6 Å². The molecule has 0 heterocycles. The van der Waals surface area contributed by atoms with Crippen LogP contribution in [0.1, 0.15) is 105 Å². The summed E-state index contributed by atoms with van der Waals surface area (Å²) in [4.78, 5) is 27.3. The molecule has 0 radical (unpaired) electrons. The number of fused-ring (bicyclic) bond motifs is 8. The Labute approximate surface area is 269 Å². The molecule has 2 aromatic carbocycles. The van der Waals surface area contributed by atoms with Crippen LogP contribution in [0.3, 0.4) is 0 Å². The summed E-state index contributed by atoms with van der Waals surface area (Å²) in [6.07, 6.45) is 10.7. The Bertz CT molecular complexity index is 1660. The Morgan fingerprint density at radius 1 is 0.889 bits per heavy atom. The number of allylic oxidation sites excluding steroid dienone is 2. The van der Waals surface area contributed by atoms with Crippen LogP contribution in [0.2, 0.25) is 0 Å². The van der Waals surface area contributed by atoms with E-state index in [9.17, 15) is 19.8 Å². The molecule has 2 N–H and O–H groups in total. The smallest absolute Gasteiger partial charge is 0.309 e. The van der Waals surface area contributed by atoms with Crippen molar-refractivity contribution in [1.29, 1.82) is 0 Å². The molecular weight excluding hydrogens is 556 g/mol. The Balaban J connectivity index is 1.34. The molecule has 2 aromatic rings. The van der Waals surface area contributed by atoms with Crippen molar-refractivity contribution in [2.75, 3.05) is 0 Å². The molecule has 0 aliphatic heterocycles. The molecule has 0 saturated heterocycles. The van der Waals surface area contributed by atoms with Crippen LogP contribution in [0.5, 0.6) is 0 Å². The minimum absolute atomic E-state index is 0.0379. The van der Waals surface area contributed by atoms with Gasteiger partial charge in [-0.2, -0.15) is 0 Å². The maximum Gasteiger partial charge on any atom is 0.309 e. The number of hydrogen-bond acceptors (Lipinski definition) is 3. The summed E-state index contributed by atoms with van der Waals surface area (Å²) in [5.74, 6) is -0.293. The lowest BCUT2D eigenvalue weighted by Crippen LogP contribution is -2.67. The van der Waals surface area contributed by atoms with E-state index in [0.717, 1.165) is 43.2 Å². The minimum Gasteiger partial charge on any atom is -0.481 e. The monoisotopic (exact) mass is 608 g/mol. The van der Waals surface area contributed by atoms with E-state index in [2.05, 4.69) is 90.1 Å². The highest BCUT2D eigenvalue weighted by Gasteiger charge is 2.70. The molecule has 240 valence electrons. The lowest BCUT2D eigenvalue weighted by Gasteiger charge is -2.70. The molecule has 45 heavy (non-hydrogen) atoms. The van der Waals surface area contributed by atoms with E-state index in [1.54, 1.807) is 0 Å². The van der Waals surface area contributed by atoms with E-state index >= 15 is 0 Å². The van der Waals surface area contributed by atoms with Gasteiger partial charge in [-0.15, -0.1) is 0 Å². The van der Waals surface area contributed by atoms with Crippen LogP contribution < -0.4 is 0 Å². The number of carboxylic acid groups (broad SMARTS) is 1. The molecule has 0 aromatic heterocycles. The number of ketones is 1. The molecule has 0 unspecified atom stereocenters. The van der Waals surface area contributed by atoms with E-state index < -0.39 is 17.5 Å². The molecule has 0 spiro atoms. The summed E-state index contributed by atoms with van der Waals surface area (Å²) in [5, 5.41) is 24.6. The first-order valence-corrected chi connectivity index (χ1v) is 17.4. The van der Waals surface area contributed by atoms with Crippen molar-refractivity contribution < 1.29 is 19.8 Å². The number of aliphatic hydroxyl groups is 1. The third-order valence-corrected chi connectivity index (χ3v) is 15.1. The van der Waals surface area contributed by atoms with Crippen LogP contribution in [0.4, 0.5) is 0 Å². The van der Waals surface area contributed by atoms with Crippen molar-refractivity contribution in [3.63, 3.8) is 0 Å². The predicted octanol–water partition coefficient (Wildman–Crippen LogP) is 9.26. The highest BCUT2D eigenvalue weighted by Crippen LogP contribution is 2.75. The van der Waals surface area contributed by atoms with Gasteiger partial charge >= 0.3 is 5.97 Å². The van der Waals surface area contributed by atoms with Gasteiger partial charge in [-0.25, -0.2) is 0 Å². The van der Waals surface area contributed by atoms with Gasteiger partial charge in [0.1, 0.15) is 0 Å². The Morgan fingerprint density at radius 3 is 2.31 bits per heavy atom. The fraction of sp³-hybridized carbons (Fsp3) is 0.610. The van der Waals surface area contributed by atoms with Crippen molar-refractivity contribution in [1.82, 2.24) is 0 Å². The van der Waals surface area contributed by atoms with Crippen LogP contribution in [0.25, 0.3) is 16.8 Å². The van der Waals surface area contributed by atoms with Crippen LogP contribution in [-0.2, 0) is 9.59 Å². The molecule has 9 atom stereocenters. The average molecular weight is 609 g/mol. The maximum absolute atomic E-state index is 14.8. The highest BCUT2D eigenvalue weighted by molar-refractivity contribution is 5.96. The van der Waals surface area contributed by atoms with Crippen molar-refractivity contribution in [3.8, 4) is 0 Å². The second kappa shape index (κ2) is 9.66. The van der Waals surface area contributed by atoms with Gasteiger partial charge in [-0.3, -0.25) is 9.59 Å². The lowest BCUT2D eigenvalue weighted by molar-refractivity contribution is -0.191. The van der Waals surface area contributed by atoms with E-state index in [1.807, 2.05) is 13.0 Å². The zero-order valence-corrected chi connectivity index (χ0v) is 28.4. The second-order valence-corrected chi connectivity index (χ2v) is 17.7. The fourth-order valence-corrected chi connectivity index (χ4v) is 12.1. The lowest BCUT2D eigenvalue weighted by atomic mass is 9.33. The van der Waals surface area contributed by atoms with Gasteiger partial charge in [0.25, 0.3) is 0 Å². The van der Waals surface area contributed by atoms with E-state index in [4.69, 9.17) is 0 Å². The predicted molar refractivity (Wildman–Crippen MR) is 180 cm³/mol. The number of rotatable bonds is 2. The molecule has 4 nitrogen and oxygen atoms in total. The Hall–Kier alpha value is -2.72. The van der Waals surface area contributed by atoms with Gasteiger partial charge in [0.2, 0.25) is 0 Å². The van der Waals surface area contributed by atoms with E-state index in [0.29, 0.717) is 19.3 Å². The van der Waals surface area contributed by atoms with Crippen LogP contribution in [-0.4, -0.2) is 28.1 Å². The number of carbonyl (C=O) groups is 2. The standard InChI is InChI=1S/C41H52O4/c1-36(2)32-15-16-41(7)33(39(32,5)23-27(34(36)43)21-26-13-10-12-25-11-8-9-14-28(25)26)31(42)22-29-30-24-38(4,35(44)45)18-17-37(30,3)19-20-40(29,41)6/h8-14,21-22,30,32-34,43H,15-20,23-24H2,1-7H3,(H,44,45)/b27-21+/t30-,32-,33+,34-,37+,38-,39-,40+,41+/m0/s1. The van der Waals surface area contributed by atoms with Gasteiger partial charge in [-0.1, -0.05) is 95.7 Å². The number of hydrogen-bond donors (Lipinski definition) is 2. The third-order valence-electron chi connectivity index (χ3n) is 15.1. The summed E-state index contributed by atoms with van der Waals surface area (Å²) in [7, 11) is 0. The zero-order chi connectivity index (χ0) is 32.4. The maximum atomic E-state index is 14.8. The topological polar surface area (TPSA) is 74.6 Å². The summed E-state index contributed by atoms with van der Waals surface area (Å²) in [5.41, 5.74) is 1.59. The average Bonchev–Trinajstić information content (AvgIpc) is 2.98. The number of benzene rings is 2. The first-order valence-electron chi connectivity index (χ1n) is 17.4. The van der Waals surface area contributed by atoms with Crippen molar-refractivity contribution in [3.05, 3.63) is 65.3 Å². The largest absolute Gasteiger partial charge is 0.481 e. The highest BCUT2D eigenvalue weighted by atomic mass is 16.4. The number of carbonyl (C=O) groups excluding carboxylic acids is 1. The van der Waals surface area contributed by atoms with Gasteiger partial charge < -0.3 is 10.2 Å². The normalized spacial score (nSPS) is 44.8.